The van der Waals surface area contributed by atoms with E-state index in [9.17, 15) is 19.7 Å². The fourth-order valence-electron chi connectivity index (χ4n) is 3.48. The van der Waals surface area contributed by atoms with Crippen molar-refractivity contribution >= 4 is 57.4 Å². The Morgan fingerprint density at radius 1 is 1.11 bits per heavy atom. The smallest absolute Gasteiger partial charge is 0.328 e. The van der Waals surface area contributed by atoms with Gasteiger partial charge in [0.25, 0.3) is 11.6 Å². The summed E-state index contributed by atoms with van der Waals surface area (Å²) in [7, 11) is 0. The first-order valence-electron chi connectivity index (χ1n) is 10.3. The number of nitrogens with two attached hydrogens (primary N) is 1. The average Bonchev–Trinajstić information content (AvgIpc) is 3.24. The molecular formula is C24H18Cl2N4O5. The lowest BCUT2D eigenvalue weighted by molar-refractivity contribution is -0.384. The minimum atomic E-state index is -0.995. The number of H-pyrrole nitrogens is 1. The van der Waals surface area contributed by atoms with Crippen LogP contribution in [0.4, 0.5) is 11.4 Å². The van der Waals surface area contributed by atoms with Crippen LogP contribution in [0, 0.1) is 10.1 Å². The van der Waals surface area contributed by atoms with Crippen molar-refractivity contribution in [3.63, 3.8) is 0 Å². The van der Waals surface area contributed by atoms with Gasteiger partial charge in [0.1, 0.15) is 11.8 Å². The molecule has 0 aliphatic carbocycles. The van der Waals surface area contributed by atoms with Crippen LogP contribution in [0.3, 0.4) is 0 Å². The molecule has 0 aliphatic heterocycles. The zero-order chi connectivity index (χ0) is 25.1. The third-order valence-electron chi connectivity index (χ3n) is 5.23. The number of aromatic nitrogens is 1. The molecule has 4 aromatic rings. The molecule has 0 spiro atoms. The highest BCUT2D eigenvalue weighted by atomic mass is 35.5. The van der Waals surface area contributed by atoms with Crippen molar-refractivity contribution in [2.45, 2.75) is 12.5 Å². The Morgan fingerprint density at radius 3 is 2.63 bits per heavy atom. The lowest BCUT2D eigenvalue weighted by Gasteiger charge is -2.14. The Labute approximate surface area is 208 Å². The minimum absolute atomic E-state index is 0.0334. The number of aromatic amines is 1. The van der Waals surface area contributed by atoms with Crippen LogP contribution in [0.25, 0.3) is 10.9 Å². The van der Waals surface area contributed by atoms with Crippen molar-refractivity contribution in [2.75, 3.05) is 5.32 Å². The van der Waals surface area contributed by atoms with Crippen LogP contribution in [-0.4, -0.2) is 27.8 Å². The fourth-order valence-corrected chi connectivity index (χ4v) is 3.88. The van der Waals surface area contributed by atoms with Gasteiger partial charge in [0, 0.05) is 40.7 Å². The summed E-state index contributed by atoms with van der Waals surface area (Å²) in [5, 5.41) is 14.6. The Morgan fingerprint density at radius 2 is 1.89 bits per heavy atom. The highest BCUT2D eigenvalue weighted by molar-refractivity contribution is 6.34. The van der Waals surface area contributed by atoms with Gasteiger partial charge in [0.05, 0.1) is 21.2 Å². The molecule has 0 bridgehead atoms. The van der Waals surface area contributed by atoms with Crippen molar-refractivity contribution < 1.29 is 19.2 Å². The quantitative estimate of drug-likeness (QED) is 0.136. The van der Waals surface area contributed by atoms with E-state index in [0.29, 0.717) is 0 Å². The maximum Gasteiger partial charge on any atom is 0.328 e. The third kappa shape index (κ3) is 5.43. The number of rotatable bonds is 7. The van der Waals surface area contributed by atoms with Crippen molar-refractivity contribution in [3.8, 4) is 5.75 Å². The number of hydrogen-bond donors (Lipinski definition) is 3. The molecule has 0 saturated carbocycles. The number of benzene rings is 3. The molecule has 0 fully saturated rings. The van der Waals surface area contributed by atoms with Gasteiger partial charge in [0.15, 0.2) is 0 Å². The number of halogens is 2. The number of nitrogens with one attached hydrogen (secondary N) is 2. The second-order valence-electron chi connectivity index (χ2n) is 7.61. The van der Waals surface area contributed by atoms with Crippen molar-refractivity contribution in [1.82, 2.24) is 4.98 Å². The number of hydrogen-bond acceptors (Lipinski definition) is 6. The number of nitro groups is 1. The summed E-state index contributed by atoms with van der Waals surface area (Å²) in [5.74, 6) is -1.47. The molecule has 11 heteroatoms. The number of para-hydroxylation sites is 1. The molecule has 4 rings (SSSR count). The second kappa shape index (κ2) is 10.1. The van der Waals surface area contributed by atoms with Crippen LogP contribution < -0.4 is 15.8 Å². The second-order valence-corrected chi connectivity index (χ2v) is 8.45. The summed E-state index contributed by atoms with van der Waals surface area (Å²) in [6, 6.07) is 14.4. The van der Waals surface area contributed by atoms with Gasteiger partial charge < -0.3 is 20.8 Å². The van der Waals surface area contributed by atoms with Crippen LogP contribution in [-0.2, 0) is 11.2 Å². The molecule has 0 aliphatic rings. The standard InChI is InChI=1S/C24H18Cl2N4O5/c25-14-5-8-22(17(10-14)23(31)29-21-7-6-15(30(33)34)11-18(21)26)35-24(32)19(27)9-13-12-28-20-4-2-1-3-16(13)20/h1-8,10-12,19,28H,9,27H2,(H,29,31)/t19-/m0/s1. The summed E-state index contributed by atoms with van der Waals surface area (Å²) in [6.07, 6.45) is 2.00. The highest BCUT2D eigenvalue weighted by Gasteiger charge is 2.22. The topological polar surface area (TPSA) is 140 Å². The van der Waals surface area contributed by atoms with E-state index in [0.717, 1.165) is 22.5 Å². The largest absolute Gasteiger partial charge is 0.425 e. The van der Waals surface area contributed by atoms with Gasteiger partial charge in [-0.05, 0) is 35.9 Å². The van der Waals surface area contributed by atoms with Gasteiger partial charge in [-0.1, -0.05) is 41.4 Å². The van der Waals surface area contributed by atoms with Crippen LogP contribution >= 0.6 is 23.2 Å². The van der Waals surface area contributed by atoms with Crippen molar-refractivity contribution in [1.29, 1.82) is 0 Å². The summed E-state index contributed by atoms with van der Waals surface area (Å²) < 4.78 is 5.45. The Balaban J connectivity index is 1.51. The molecule has 4 N–H and O–H groups in total. The van der Waals surface area contributed by atoms with Crippen molar-refractivity contribution in [3.05, 3.63) is 98.1 Å². The number of amides is 1. The lowest BCUT2D eigenvalue weighted by atomic mass is 10.1. The lowest BCUT2D eigenvalue weighted by Crippen LogP contribution is -2.36. The number of non-ortho nitro benzene ring substituents is 1. The normalized spacial score (nSPS) is 11.7. The molecule has 1 amide bonds. The number of carbonyl (C=O) groups excluding carboxylic acids is 2. The molecule has 0 unspecified atom stereocenters. The maximum absolute atomic E-state index is 12.9. The summed E-state index contributed by atoms with van der Waals surface area (Å²) >= 11 is 12.1. The van der Waals surface area contributed by atoms with Gasteiger partial charge in [0.2, 0.25) is 0 Å². The van der Waals surface area contributed by atoms with Crippen LogP contribution in [0.2, 0.25) is 10.0 Å². The van der Waals surface area contributed by atoms with Gasteiger partial charge in [-0.3, -0.25) is 14.9 Å². The van der Waals surface area contributed by atoms with E-state index in [1.54, 1.807) is 6.20 Å². The van der Waals surface area contributed by atoms with Gasteiger partial charge >= 0.3 is 5.97 Å². The number of nitro benzene ring substituents is 1. The van der Waals surface area contributed by atoms with Crippen LogP contribution in [0.1, 0.15) is 15.9 Å². The van der Waals surface area contributed by atoms with Crippen LogP contribution in [0.5, 0.6) is 5.75 Å². The number of carbonyl (C=O) groups is 2. The molecule has 0 saturated heterocycles. The molecule has 3 aromatic carbocycles. The number of anilines is 1. The van der Waals surface area contributed by atoms with E-state index in [-0.39, 0.29) is 39.2 Å². The van der Waals surface area contributed by atoms with E-state index in [1.807, 2.05) is 24.3 Å². The van der Waals surface area contributed by atoms with E-state index < -0.39 is 22.8 Å². The minimum Gasteiger partial charge on any atom is -0.425 e. The molecule has 1 aromatic heterocycles. The summed E-state index contributed by atoms with van der Waals surface area (Å²) in [5.41, 5.74) is 7.74. The molecule has 178 valence electrons. The molecule has 1 heterocycles. The average molecular weight is 513 g/mol. The van der Waals surface area contributed by atoms with Gasteiger partial charge in [-0.25, -0.2) is 4.79 Å². The number of ether oxygens (including phenoxy) is 1. The van der Waals surface area contributed by atoms with Crippen molar-refractivity contribution in [2.24, 2.45) is 5.73 Å². The first-order chi connectivity index (χ1) is 16.7. The highest BCUT2D eigenvalue weighted by Crippen LogP contribution is 2.29. The van der Waals surface area contributed by atoms with Gasteiger partial charge in [-0.15, -0.1) is 0 Å². The first kappa shape index (κ1) is 24.2. The molecular weight excluding hydrogens is 495 g/mol. The SMILES string of the molecule is N[C@@H](Cc1c[nH]c2ccccc12)C(=O)Oc1ccc(Cl)cc1C(=O)Nc1ccc([N+](=O)[O-])cc1Cl. The summed E-state index contributed by atoms with van der Waals surface area (Å²) in [4.78, 5) is 39.1. The molecule has 35 heavy (non-hydrogen) atoms. The predicted octanol–water partition coefficient (Wildman–Crippen LogP) is 5.11. The predicted molar refractivity (Wildman–Crippen MR) is 133 cm³/mol. The molecule has 0 radical (unpaired) electrons. The summed E-state index contributed by atoms with van der Waals surface area (Å²) in [6.45, 7) is 0. The third-order valence-corrected chi connectivity index (χ3v) is 5.77. The molecule has 1 atom stereocenters. The Bertz CT molecular complexity index is 1450. The zero-order valence-corrected chi connectivity index (χ0v) is 19.5. The van der Waals surface area contributed by atoms with Crippen LogP contribution in [0.15, 0.2) is 66.9 Å². The van der Waals surface area contributed by atoms with E-state index in [2.05, 4.69) is 10.3 Å². The first-order valence-corrected chi connectivity index (χ1v) is 11.1. The zero-order valence-electron chi connectivity index (χ0n) is 18.0. The molecule has 9 nitrogen and oxygen atoms in total. The monoisotopic (exact) mass is 512 g/mol. The number of fused-ring (bicyclic) bond motifs is 1. The fraction of sp³-hybridized carbons (Fsp3) is 0.0833. The van der Waals surface area contributed by atoms with E-state index in [4.69, 9.17) is 33.7 Å². The Kier molecular flexibility index (Phi) is 7.02. The Hall–Kier alpha value is -3.92. The number of nitrogens with zero attached hydrogens (tertiary/aromatic N) is 1. The van der Waals surface area contributed by atoms with Gasteiger partial charge in [-0.2, -0.15) is 0 Å². The van der Waals surface area contributed by atoms with E-state index in [1.165, 1.54) is 30.3 Å². The number of esters is 1. The maximum atomic E-state index is 12.9. The van der Waals surface area contributed by atoms with E-state index >= 15 is 0 Å².